The van der Waals surface area contributed by atoms with Gasteiger partial charge in [-0.15, -0.1) is 0 Å². The normalized spacial score (nSPS) is 19.1. The maximum atomic E-state index is 5.58. The van der Waals surface area contributed by atoms with E-state index in [1.54, 1.807) is 7.11 Å². The van der Waals surface area contributed by atoms with E-state index in [1.807, 2.05) is 25.1 Å². The van der Waals surface area contributed by atoms with Crippen LogP contribution in [0.1, 0.15) is 12.5 Å². The van der Waals surface area contributed by atoms with Crippen molar-refractivity contribution in [3.63, 3.8) is 0 Å². The average molecular weight is 273 g/mol. The highest BCUT2D eigenvalue weighted by Crippen LogP contribution is 2.34. The van der Waals surface area contributed by atoms with Crippen LogP contribution in [0.25, 0.3) is 0 Å². The van der Waals surface area contributed by atoms with Crippen molar-refractivity contribution in [3.05, 3.63) is 28.2 Å². The quantitative estimate of drug-likeness (QED) is 0.829. The van der Waals surface area contributed by atoms with E-state index >= 15 is 0 Å². The molecule has 0 radical (unpaired) electrons. The fraction of sp³-hybridized carbons (Fsp3) is 0.455. The molecule has 0 atom stereocenters. The average Bonchev–Trinajstić information content (AvgIpc) is 2.65. The molecule has 1 aromatic carbocycles. The van der Waals surface area contributed by atoms with Gasteiger partial charge >= 0.3 is 0 Å². The maximum Gasteiger partial charge on any atom is 0.192 e. The molecule has 0 amide bonds. The fourth-order valence-electron chi connectivity index (χ4n) is 1.62. The van der Waals surface area contributed by atoms with E-state index in [2.05, 4.69) is 15.9 Å². The van der Waals surface area contributed by atoms with Crippen LogP contribution in [-0.2, 0) is 15.3 Å². The first-order valence-corrected chi connectivity index (χ1v) is 5.56. The van der Waals surface area contributed by atoms with Crippen molar-refractivity contribution in [2.75, 3.05) is 20.3 Å². The van der Waals surface area contributed by atoms with Gasteiger partial charge in [-0.05, 0) is 25.1 Å². The van der Waals surface area contributed by atoms with Gasteiger partial charge in [-0.2, -0.15) is 0 Å². The Bertz CT molecular complexity index is 359. The summed E-state index contributed by atoms with van der Waals surface area (Å²) in [6.07, 6.45) is 0. The summed E-state index contributed by atoms with van der Waals surface area (Å²) >= 11 is 3.43. The Morgan fingerprint density at radius 2 is 1.93 bits per heavy atom. The molecule has 1 aromatic rings. The zero-order valence-corrected chi connectivity index (χ0v) is 10.3. The minimum atomic E-state index is -0.642. The van der Waals surface area contributed by atoms with Crippen LogP contribution >= 0.6 is 15.9 Å². The Morgan fingerprint density at radius 1 is 1.27 bits per heavy atom. The Hall–Kier alpha value is -0.580. The molecular formula is C11H13BrO3. The van der Waals surface area contributed by atoms with E-state index < -0.39 is 5.79 Å². The van der Waals surface area contributed by atoms with Gasteiger partial charge < -0.3 is 14.2 Å². The molecule has 82 valence electrons. The van der Waals surface area contributed by atoms with E-state index in [9.17, 15) is 0 Å². The lowest BCUT2D eigenvalue weighted by Crippen LogP contribution is -2.22. The maximum absolute atomic E-state index is 5.58. The summed E-state index contributed by atoms with van der Waals surface area (Å²) in [6, 6.07) is 5.81. The molecule has 15 heavy (non-hydrogen) atoms. The largest absolute Gasteiger partial charge is 0.497 e. The molecule has 1 fully saturated rings. The van der Waals surface area contributed by atoms with Crippen LogP contribution in [0, 0.1) is 0 Å². The highest BCUT2D eigenvalue weighted by molar-refractivity contribution is 9.10. The highest BCUT2D eigenvalue weighted by atomic mass is 79.9. The van der Waals surface area contributed by atoms with Crippen LogP contribution in [0.3, 0.4) is 0 Å². The number of methoxy groups -OCH3 is 1. The molecular weight excluding hydrogens is 260 g/mol. The third-order valence-corrected chi connectivity index (χ3v) is 2.93. The zero-order valence-electron chi connectivity index (χ0n) is 8.75. The molecule has 0 unspecified atom stereocenters. The van der Waals surface area contributed by atoms with Crippen molar-refractivity contribution < 1.29 is 14.2 Å². The van der Waals surface area contributed by atoms with Crippen LogP contribution in [-0.4, -0.2) is 20.3 Å². The summed E-state index contributed by atoms with van der Waals surface area (Å²) in [4.78, 5) is 0. The Labute approximate surface area is 97.5 Å². The first kappa shape index (κ1) is 10.9. The van der Waals surface area contributed by atoms with Gasteiger partial charge in [-0.3, -0.25) is 0 Å². The van der Waals surface area contributed by atoms with E-state index in [-0.39, 0.29) is 0 Å². The van der Waals surface area contributed by atoms with E-state index in [0.717, 1.165) is 15.8 Å². The SMILES string of the molecule is COc1cc(Br)cc(C2(C)OCCO2)c1. The molecule has 0 N–H and O–H groups in total. The standard InChI is InChI=1S/C11H13BrO3/c1-11(14-3-4-15-11)8-5-9(12)7-10(6-8)13-2/h5-7H,3-4H2,1-2H3. The van der Waals surface area contributed by atoms with E-state index in [1.165, 1.54) is 0 Å². The second-order valence-corrected chi connectivity index (χ2v) is 4.44. The topological polar surface area (TPSA) is 27.7 Å². The van der Waals surface area contributed by atoms with Gasteiger partial charge in [-0.1, -0.05) is 15.9 Å². The minimum Gasteiger partial charge on any atom is -0.497 e. The number of halogens is 1. The summed E-state index contributed by atoms with van der Waals surface area (Å²) in [7, 11) is 1.64. The number of hydrogen-bond acceptors (Lipinski definition) is 3. The third-order valence-electron chi connectivity index (χ3n) is 2.47. The molecule has 1 heterocycles. The summed E-state index contributed by atoms with van der Waals surface area (Å²) in [5.41, 5.74) is 0.964. The monoisotopic (exact) mass is 272 g/mol. The third kappa shape index (κ3) is 2.17. The number of benzene rings is 1. The van der Waals surface area contributed by atoms with Crippen molar-refractivity contribution in [2.24, 2.45) is 0 Å². The molecule has 0 bridgehead atoms. The lowest BCUT2D eigenvalue weighted by molar-refractivity contribution is -0.149. The Morgan fingerprint density at radius 3 is 2.53 bits per heavy atom. The second-order valence-electron chi connectivity index (χ2n) is 3.52. The van der Waals surface area contributed by atoms with Crippen molar-refractivity contribution in [3.8, 4) is 5.75 Å². The summed E-state index contributed by atoms with van der Waals surface area (Å²) in [5, 5.41) is 0. The second kappa shape index (κ2) is 4.12. The van der Waals surface area contributed by atoms with Gasteiger partial charge in [0.15, 0.2) is 5.79 Å². The van der Waals surface area contributed by atoms with Crippen molar-refractivity contribution >= 4 is 15.9 Å². The Balaban J connectivity index is 2.38. The smallest absolute Gasteiger partial charge is 0.192 e. The van der Waals surface area contributed by atoms with Gasteiger partial charge in [0, 0.05) is 10.0 Å². The van der Waals surface area contributed by atoms with Crippen molar-refractivity contribution in [1.29, 1.82) is 0 Å². The lowest BCUT2D eigenvalue weighted by Gasteiger charge is -2.23. The first-order valence-electron chi connectivity index (χ1n) is 4.77. The molecule has 0 spiro atoms. The lowest BCUT2D eigenvalue weighted by atomic mass is 10.1. The van der Waals surface area contributed by atoms with E-state index in [0.29, 0.717) is 13.2 Å². The van der Waals surface area contributed by atoms with Crippen LogP contribution < -0.4 is 4.74 Å². The molecule has 0 saturated carbocycles. The van der Waals surface area contributed by atoms with Gasteiger partial charge in [0.1, 0.15) is 5.75 Å². The molecule has 4 heteroatoms. The summed E-state index contributed by atoms with van der Waals surface area (Å²) in [5.74, 6) is 0.150. The molecule has 1 saturated heterocycles. The van der Waals surface area contributed by atoms with Crippen molar-refractivity contribution in [1.82, 2.24) is 0 Å². The van der Waals surface area contributed by atoms with Gasteiger partial charge in [0.25, 0.3) is 0 Å². The Kier molecular flexibility index (Phi) is 3.00. The highest BCUT2D eigenvalue weighted by Gasteiger charge is 2.33. The first-order chi connectivity index (χ1) is 7.14. The van der Waals surface area contributed by atoms with E-state index in [4.69, 9.17) is 14.2 Å². The van der Waals surface area contributed by atoms with Gasteiger partial charge in [0.2, 0.25) is 0 Å². The van der Waals surface area contributed by atoms with Crippen LogP contribution in [0.4, 0.5) is 0 Å². The summed E-state index contributed by atoms with van der Waals surface area (Å²) < 4.78 is 17.3. The number of ether oxygens (including phenoxy) is 3. The predicted molar refractivity (Wildman–Crippen MR) is 60.0 cm³/mol. The molecule has 1 aliphatic heterocycles. The minimum absolute atomic E-state index is 0.630. The summed E-state index contributed by atoms with van der Waals surface area (Å²) in [6.45, 7) is 3.18. The molecule has 0 aliphatic carbocycles. The van der Waals surface area contributed by atoms with Gasteiger partial charge in [0.05, 0.1) is 20.3 Å². The zero-order chi connectivity index (χ0) is 10.9. The van der Waals surface area contributed by atoms with Crippen LogP contribution in [0.2, 0.25) is 0 Å². The van der Waals surface area contributed by atoms with Crippen LogP contribution in [0.15, 0.2) is 22.7 Å². The molecule has 3 nitrogen and oxygen atoms in total. The predicted octanol–water partition coefficient (Wildman–Crippen LogP) is 2.68. The fourth-order valence-corrected chi connectivity index (χ4v) is 2.10. The molecule has 0 aromatic heterocycles. The van der Waals surface area contributed by atoms with Crippen molar-refractivity contribution in [2.45, 2.75) is 12.7 Å². The van der Waals surface area contributed by atoms with Crippen LogP contribution in [0.5, 0.6) is 5.75 Å². The van der Waals surface area contributed by atoms with Gasteiger partial charge in [-0.25, -0.2) is 0 Å². The molecule has 2 rings (SSSR count). The number of hydrogen-bond donors (Lipinski definition) is 0. The number of rotatable bonds is 2. The molecule has 1 aliphatic rings.